The monoisotopic (exact) mass is 298 g/mol. The molecule has 0 aliphatic heterocycles. The van der Waals surface area contributed by atoms with Crippen molar-refractivity contribution in [2.75, 3.05) is 38.5 Å². The molecule has 20 heavy (non-hydrogen) atoms. The minimum atomic E-state index is -0.236. The Balaban J connectivity index is 2.54. The van der Waals surface area contributed by atoms with Crippen molar-refractivity contribution in [1.82, 2.24) is 15.2 Å². The van der Waals surface area contributed by atoms with Crippen molar-refractivity contribution in [3.8, 4) is 0 Å². The van der Waals surface area contributed by atoms with E-state index < -0.39 is 0 Å². The molecule has 1 heterocycles. The zero-order chi connectivity index (χ0) is 15.0. The molecular weight excluding hydrogens is 276 g/mol. The summed E-state index contributed by atoms with van der Waals surface area (Å²) >= 11 is 6.01. The van der Waals surface area contributed by atoms with E-state index in [0.717, 1.165) is 26.1 Å². The molecule has 0 aromatic carbocycles. The summed E-state index contributed by atoms with van der Waals surface area (Å²) in [5, 5.41) is 6.11. The molecule has 0 radical (unpaired) electrons. The van der Waals surface area contributed by atoms with E-state index in [2.05, 4.69) is 34.4 Å². The summed E-state index contributed by atoms with van der Waals surface area (Å²) in [7, 11) is 1.75. The number of hydrogen-bond acceptors (Lipinski definition) is 4. The Hall–Kier alpha value is -1.33. The van der Waals surface area contributed by atoms with E-state index in [1.54, 1.807) is 19.2 Å². The Kier molecular flexibility index (Phi) is 7.33. The Morgan fingerprint density at radius 1 is 1.35 bits per heavy atom. The fourth-order valence-corrected chi connectivity index (χ4v) is 2.09. The molecule has 112 valence electrons. The number of likely N-dealkylation sites (N-methyl/N-ethyl adjacent to an activating group) is 1. The smallest absolute Gasteiger partial charge is 0.271 e. The Morgan fingerprint density at radius 2 is 2.10 bits per heavy atom. The van der Waals surface area contributed by atoms with Gasteiger partial charge in [-0.3, -0.25) is 4.79 Å². The van der Waals surface area contributed by atoms with Gasteiger partial charge in [-0.15, -0.1) is 0 Å². The lowest BCUT2D eigenvalue weighted by atomic mass is 10.3. The number of amides is 1. The minimum Gasteiger partial charge on any atom is -0.373 e. The summed E-state index contributed by atoms with van der Waals surface area (Å²) in [6.07, 6.45) is 1.11. The molecule has 0 saturated carbocycles. The van der Waals surface area contributed by atoms with E-state index in [1.807, 2.05) is 0 Å². The molecule has 1 aromatic rings. The molecule has 1 rings (SSSR count). The van der Waals surface area contributed by atoms with Gasteiger partial charge in [0, 0.05) is 20.1 Å². The maximum Gasteiger partial charge on any atom is 0.271 e. The predicted molar refractivity (Wildman–Crippen MR) is 83.5 cm³/mol. The highest BCUT2D eigenvalue weighted by atomic mass is 35.5. The number of pyridine rings is 1. The molecule has 0 aliphatic rings. The van der Waals surface area contributed by atoms with Crippen LogP contribution < -0.4 is 10.6 Å². The molecule has 1 aromatic heterocycles. The van der Waals surface area contributed by atoms with E-state index in [9.17, 15) is 4.79 Å². The van der Waals surface area contributed by atoms with Crippen molar-refractivity contribution in [1.29, 1.82) is 0 Å². The van der Waals surface area contributed by atoms with Crippen LogP contribution in [0.2, 0.25) is 5.02 Å². The van der Waals surface area contributed by atoms with Crippen LogP contribution in [0.4, 0.5) is 5.82 Å². The summed E-state index contributed by atoms with van der Waals surface area (Å²) in [5.74, 6) is 0.389. The Morgan fingerprint density at radius 3 is 2.70 bits per heavy atom. The number of hydrogen-bond donors (Lipinski definition) is 2. The highest BCUT2D eigenvalue weighted by Crippen LogP contribution is 2.16. The first-order valence-corrected chi connectivity index (χ1v) is 7.35. The van der Waals surface area contributed by atoms with E-state index in [-0.39, 0.29) is 11.6 Å². The lowest BCUT2D eigenvalue weighted by Crippen LogP contribution is -2.35. The first-order valence-electron chi connectivity index (χ1n) is 6.97. The SMILES string of the molecule is CCCN(CC)CCNC(=O)c1nc(NC)ccc1Cl. The number of rotatable bonds is 8. The average molecular weight is 299 g/mol. The van der Waals surface area contributed by atoms with Gasteiger partial charge >= 0.3 is 0 Å². The van der Waals surface area contributed by atoms with Gasteiger partial charge in [-0.05, 0) is 31.6 Å². The van der Waals surface area contributed by atoms with Crippen molar-refractivity contribution < 1.29 is 4.79 Å². The summed E-state index contributed by atoms with van der Waals surface area (Å²) in [6.45, 7) is 7.72. The molecule has 0 aliphatic carbocycles. The van der Waals surface area contributed by atoms with E-state index >= 15 is 0 Å². The maximum absolute atomic E-state index is 12.1. The van der Waals surface area contributed by atoms with E-state index in [0.29, 0.717) is 17.4 Å². The lowest BCUT2D eigenvalue weighted by Gasteiger charge is -2.19. The largest absolute Gasteiger partial charge is 0.373 e. The molecule has 0 saturated heterocycles. The van der Waals surface area contributed by atoms with Crippen LogP contribution >= 0.6 is 11.6 Å². The third-order valence-electron chi connectivity index (χ3n) is 3.02. The van der Waals surface area contributed by atoms with Gasteiger partial charge in [0.15, 0.2) is 0 Å². The van der Waals surface area contributed by atoms with Crippen LogP contribution in [0.1, 0.15) is 30.8 Å². The van der Waals surface area contributed by atoms with Crippen LogP contribution in [0.3, 0.4) is 0 Å². The zero-order valence-electron chi connectivity index (χ0n) is 12.4. The van der Waals surface area contributed by atoms with Crippen LogP contribution in [0.25, 0.3) is 0 Å². The number of halogens is 1. The number of carbonyl (C=O) groups excluding carboxylic acids is 1. The van der Waals surface area contributed by atoms with Crippen LogP contribution in [-0.4, -0.2) is 49.0 Å². The third-order valence-corrected chi connectivity index (χ3v) is 3.32. The Bertz CT molecular complexity index is 439. The minimum absolute atomic E-state index is 0.236. The summed E-state index contributed by atoms with van der Waals surface area (Å²) in [5.41, 5.74) is 0.261. The second-order valence-electron chi connectivity index (χ2n) is 4.47. The quantitative estimate of drug-likeness (QED) is 0.773. The number of nitrogens with one attached hydrogen (secondary N) is 2. The highest BCUT2D eigenvalue weighted by molar-refractivity contribution is 6.33. The molecule has 5 nitrogen and oxygen atoms in total. The topological polar surface area (TPSA) is 57.3 Å². The lowest BCUT2D eigenvalue weighted by molar-refractivity contribution is 0.0944. The fourth-order valence-electron chi connectivity index (χ4n) is 1.90. The number of carbonyl (C=O) groups is 1. The van der Waals surface area contributed by atoms with Gasteiger partial charge in [0.05, 0.1) is 5.02 Å². The van der Waals surface area contributed by atoms with Crippen molar-refractivity contribution in [2.24, 2.45) is 0 Å². The molecule has 1 amide bonds. The molecule has 0 unspecified atom stereocenters. The molecule has 0 fully saturated rings. The van der Waals surface area contributed by atoms with Gasteiger partial charge in [-0.2, -0.15) is 0 Å². The van der Waals surface area contributed by atoms with Crippen LogP contribution in [-0.2, 0) is 0 Å². The molecular formula is C14H23ClN4O. The summed E-state index contributed by atoms with van der Waals surface area (Å²) in [6, 6.07) is 3.41. The van der Waals surface area contributed by atoms with Gasteiger partial charge < -0.3 is 15.5 Å². The molecule has 6 heteroatoms. The first kappa shape index (κ1) is 16.7. The van der Waals surface area contributed by atoms with Gasteiger partial charge in [-0.25, -0.2) is 4.98 Å². The number of anilines is 1. The van der Waals surface area contributed by atoms with Gasteiger partial charge in [0.1, 0.15) is 11.5 Å². The van der Waals surface area contributed by atoms with Gasteiger partial charge in [0.2, 0.25) is 0 Å². The van der Waals surface area contributed by atoms with Crippen molar-refractivity contribution in [2.45, 2.75) is 20.3 Å². The Labute approximate surface area is 125 Å². The van der Waals surface area contributed by atoms with Crippen molar-refractivity contribution in [3.63, 3.8) is 0 Å². The second kappa shape index (κ2) is 8.76. The standard InChI is InChI=1S/C14H23ClN4O/c1-4-9-19(5-2)10-8-17-14(20)13-11(15)6-7-12(16-3)18-13/h6-7H,4-5,8-10H2,1-3H3,(H,16,18)(H,17,20). The average Bonchev–Trinajstić information content (AvgIpc) is 2.46. The van der Waals surface area contributed by atoms with Crippen LogP contribution in [0.5, 0.6) is 0 Å². The number of nitrogens with zero attached hydrogens (tertiary/aromatic N) is 2. The third kappa shape index (κ3) is 4.98. The molecule has 0 atom stereocenters. The van der Waals surface area contributed by atoms with Crippen LogP contribution in [0, 0.1) is 0 Å². The number of aromatic nitrogens is 1. The van der Waals surface area contributed by atoms with Gasteiger partial charge in [0.25, 0.3) is 5.91 Å². The summed E-state index contributed by atoms with van der Waals surface area (Å²) in [4.78, 5) is 18.5. The predicted octanol–water partition coefficient (Wildman–Crippen LogP) is 2.24. The summed E-state index contributed by atoms with van der Waals surface area (Å²) < 4.78 is 0. The fraction of sp³-hybridized carbons (Fsp3) is 0.571. The van der Waals surface area contributed by atoms with Crippen molar-refractivity contribution >= 4 is 23.3 Å². The molecule has 0 bridgehead atoms. The maximum atomic E-state index is 12.1. The first-order chi connectivity index (χ1) is 9.62. The van der Waals surface area contributed by atoms with Crippen LogP contribution in [0.15, 0.2) is 12.1 Å². The normalized spacial score (nSPS) is 10.7. The van der Waals surface area contributed by atoms with E-state index in [1.165, 1.54) is 0 Å². The second-order valence-corrected chi connectivity index (χ2v) is 4.87. The highest BCUT2D eigenvalue weighted by Gasteiger charge is 2.13. The van der Waals surface area contributed by atoms with Crippen molar-refractivity contribution in [3.05, 3.63) is 22.8 Å². The molecule has 0 spiro atoms. The zero-order valence-corrected chi connectivity index (χ0v) is 13.1. The van der Waals surface area contributed by atoms with E-state index in [4.69, 9.17) is 11.6 Å². The van der Waals surface area contributed by atoms with Gasteiger partial charge in [-0.1, -0.05) is 25.4 Å². The molecule has 2 N–H and O–H groups in total.